The second-order valence-electron chi connectivity index (χ2n) is 4.39. The van der Waals surface area contributed by atoms with Gasteiger partial charge in [-0.3, -0.25) is 20.4 Å². The van der Waals surface area contributed by atoms with Crippen molar-refractivity contribution in [3.63, 3.8) is 0 Å². The highest BCUT2D eigenvalue weighted by atomic mass is 32.1. The molecule has 1 amide bonds. The zero-order valence-corrected chi connectivity index (χ0v) is 12.5. The Morgan fingerprint density at radius 1 is 1.29 bits per heavy atom. The largest absolute Gasteiger partial charge is 0.288 e. The smallest absolute Gasteiger partial charge is 0.235 e. The molecule has 2 aromatic rings. The van der Waals surface area contributed by atoms with Crippen molar-refractivity contribution in [1.82, 2.24) is 10.4 Å². The Morgan fingerprint density at radius 3 is 2.76 bits per heavy atom. The van der Waals surface area contributed by atoms with E-state index in [9.17, 15) is 9.59 Å². The average molecular weight is 301 g/mol. The number of carbonyl (C=O) groups is 2. The van der Waals surface area contributed by atoms with E-state index in [2.05, 4.69) is 15.8 Å². The van der Waals surface area contributed by atoms with E-state index in [0.29, 0.717) is 10.0 Å². The molecular weight excluding hydrogens is 286 g/mol. The molecule has 0 aliphatic carbocycles. The lowest BCUT2D eigenvalue weighted by atomic mass is 10.1. The van der Waals surface area contributed by atoms with E-state index in [4.69, 9.17) is 0 Å². The van der Waals surface area contributed by atoms with E-state index in [1.165, 1.54) is 30.5 Å². The quantitative estimate of drug-likeness (QED) is 0.506. The lowest BCUT2D eigenvalue weighted by Gasteiger charge is -2.00. The minimum absolute atomic E-state index is 0.119. The first-order valence-corrected chi connectivity index (χ1v) is 7.14. The van der Waals surface area contributed by atoms with Crippen LogP contribution >= 0.6 is 11.3 Å². The number of hydrogen-bond acceptors (Lipinski definition) is 5. The van der Waals surface area contributed by atoms with Gasteiger partial charge in [0.05, 0.1) is 11.1 Å². The third kappa shape index (κ3) is 4.25. The van der Waals surface area contributed by atoms with Gasteiger partial charge in [0.2, 0.25) is 11.0 Å². The van der Waals surface area contributed by atoms with Gasteiger partial charge in [-0.15, -0.1) is 0 Å². The number of hydrogen-bond donors (Lipinski definition) is 2. The van der Waals surface area contributed by atoms with Crippen molar-refractivity contribution in [2.75, 3.05) is 5.43 Å². The number of carbonyl (C=O) groups excluding carboxylic acids is 2. The number of amides is 1. The topological polar surface area (TPSA) is 71.1 Å². The molecule has 0 saturated heterocycles. The Kier molecular flexibility index (Phi) is 4.84. The van der Waals surface area contributed by atoms with Gasteiger partial charge in [-0.05, 0) is 24.1 Å². The van der Waals surface area contributed by atoms with Crippen molar-refractivity contribution < 1.29 is 9.59 Å². The first-order chi connectivity index (χ1) is 10.1. The summed E-state index contributed by atoms with van der Waals surface area (Å²) >= 11 is 1.18. The fourth-order valence-electron chi connectivity index (χ4n) is 1.61. The van der Waals surface area contributed by atoms with Crippen LogP contribution < -0.4 is 10.9 Å². The highest BCUT2D eigenvalue weighted by molar-refractivity contribution is 7.17. The van der Waals surface area contributed by atoms with Gasteiger partial charge in [0, 0.05) is 6.92 Å². The SMILES string of the molecule is CC(=O)NNc1ncc(C(=O)/C=C/c2ccccc2C)s1. The number of allylic oxidation sites excluding steroid dienone is 1. The molecule has 1 aromatic carbocycles. The zero-order valence-electron chi connectivity index (χ0n) is 11.7. The van der Waals surface area contributed by atoms with Gasteiger partial charge in [-0.25, -0.2) is 4.98 Å². The molecule has 0 aliphatic rings. The van der Waals surface area contributed by atoms with Crippen molar-refractivity contribution in [3.8, 4) is 0 Å². The molecule has 2 N–H and O–H groups in total. The molecule has 0 unspecified atom stereocenters. The highest BCUT2D eigenvalue weighted by Gasteiger charge is 2.08. The van der Waals surface area contributed by atoms with Crippen LogP contribution in [0.2, 0.25) is 0 Å². The molecule has 0 saturated carbocycles. The summed E-state index contributed by atoms with van der Waals surface area (Å²) < 4.78 is 0. The van der Waals surface area contributed by atoms with E-state index in [1.54, 1.807) is 6.08 Å². The van der Waals surface area contributed by atoms with Crippen LogP contribution in [0.5, 0.6) is 0 Å². The summed E-state index contributed by atoms with van der Waals surface area (Å²) in [5, 5.41) is 0.470. The van der Waals surface area contributed by atoms with Gasteiger partial charge in [-0.1, -0.05) is 41.7 Å². The maximum absolute atomic E-state index is 12.0. The molecule has 5 nitrogen and oxygen atoms in total. The Balaban J connectivity index is 2.04. The number of nitrogens with one attached hydrogen (secondary N) is 2. The summed E-state index contributed by atoms with van der Waals surface area (Å²) in [4.78, 5) is 27.4. The molecule has 6 heteroatoms. The molecule has 0 spiro atoms. The minimum Gasteiger partial charge on any atom is -0.288 e. The Labute approximate surface area is 126 Å². The average Bonchev–Trinajstić information content (AvgIpc) is 2.93. The van der Waals surface area contributed by atoms with Gasteiger partial charge < -0.3 is 0 Å². The lowest BCUT2D eigenvalue weighted by molar-refractivity contribution is -0.118. The number of hydrazine groups is 1. The van der Waals surface area contributed by atoms with Crippen LogP contribution in [0, 0.1) is 6.92 Å². The maximum Gasteiger partial charge on any atom is 0.235 e. The number of thiazole rings is 1. The summed E-state index contributed by atoms with van der Waals surface area (Å²) in [6, 6.07) is 7.83. The van der Waals surface area contributed by atoms with E-state index in [1.807, 2.05) is 31.2 Å². The molecule has 0 aliphatic heterocycles. The minimum atomic E-state index is -0.225. The molecule has 1 aromatic heterocycles. The van der Waals surface area contributed by atoms with Crippen LogP contribution in [-0.4, -0.2) is 16.7 Å². The van der Waals surface area contributed by atoms with Crippen LogP contribution in [0.25, 0.3) is 6.08 Å². The molecule has 2 rings (SSSR count). The van der Waals surface area contributed by atoms with Crippen molar-refractivity contribution in [2.45, 2.75) is 13.8 Å². The summed E-state index contributed by atoms with van der Waals surface area (Å²) in [5.74, 6) is -0.343. The van der Waals surface area contributed by atoms with Crippen molar-refractivity contribution in [3.05, 3.63) is 52.5 Å². The molecule has 1 heterocycles. The second-order valence-corrected chi connectivity index (χ2v) is 5.42. The fraction of sp³-hybridized carbons (Fsp3) is 0.133. The van der Waals surface area contributed by atoms with Crippen LogP contribution in [-0.2, 0) is 4.79 Å². The first kappa shape index (κ1) is 14.9. The highest BCUT2D eigenvalue weighted by Crippen LogP contribution is 2.19. The van der Waals surface area contributed by atoms with Gasteiger partial charge in [0.25, 0.3) is 0 Å². The number of ketones is 1. The van der Waals surface area contributed by atoms with Crippen LogP contribution in [0.4, 0.5) is 5.13 Å². The predicted octanol–water partition coefficient (Wildman–Crippen LogP) is 2.81. The number of anilines is 1. The molecule has 0 bridgehead atoms. The lowest BCUT2D eigenvalue weighted by Crippen LogP contribution is -2.26. The third-order valence-corrected chi connectivity index (χ3v) is 3.62. The number of benzene rings is 1. The number of nitrogens with zero attached hydrogens (tertiary/aromatic N) is 1. The molecule has 0 radical (unpaired) electrons. The van der Waals surface area contributed by atoms with Gasteiger partial charge in [0.1, 0.15) is 0 Å². The van der Waals surface area contributed by atoms with Crippen LogP contribution in [0.15, 0.2) is 36.5 Å². The predicted molar refractivity (Wildman–Crippen MR) is 84.1 cm³/mol. The second kappa shape index (κ2) is 6.81. The summed E-state index contributed by atoms with van der Waals surface area (Å²) in [6.45, 7) is 3.38. The van der Waals surface area contributed by atoms with Gasteiger partial charge in [0.15, 0.2) is 5.78 Å². The Bertz CT molecular complexity index is 692. The molecule has 108 valence electrons. The third-order valence-electron chi connectivity index (χ3n) is 2.70. The number of rotatable bonds is 5. The van der Waals surface area contributed by atoms with Crippen molar-refractivity contribution in [1.29, 1.82) is 0 Å². The molecular formula is C15H15N3O2S. The summed E-state index contributed by atoms with van der Waals surface area (Å²) in [5.41, 5.74) is 7.16. The monoisotopic (exact) mass is 301 g/mol. The van der Waals surface area contributed by atoms with E-state index < -0.39 is 0 Å². The number of aryl methyl sites for hydroxylation is 1. The Morgan fingerprint density at radius 2 is 2.05 bits per heavy atom. The fourth-order valence-corrected chi connectivity index (χ4v) is 2.30. The molecule has 0 atom stereocenters. The zero-order chi connectivity index (χ0) is 15.2. The van der Waals surface area contributed by atoms with E-state index in [0.717, 1.165) is 11.1 Å². The van der Waals surface area contributed by atoms with Crippen LogP contribution in [0.3, 0.4) is 0 Å². The van der Waals surface area contributed by atoms with Crippen molar-refractivity contribution in [2.24, 2.45) is 0 Å². The van der Waals surface area contributed by atoms with Gasteiger partial charge >= 0.3 is 0 Å². The number of aromatic nitrogens is 1. The van der Waals surface area contributed by atoms with Crippen LogP contribution in [0.1, 0.15) is 27.7 Å². The van der Waals surface area contributed by atoms with Gasteiger partial charge in [-0.2, -0.15) is 0 Å². The normalized spacial score (nSPS) is 10.6. The van der Waals surface area contributed by atoms with E-state index >= 15 is 0 Å². The standard InChI is InChI=1S/C15H15N3O2S/c1-10-5-3-4-6-12(10)7-8-13(20)14-9-16-15(21-14)18-17-11(2)19/h3-9H,1-2H3,(H,16,18)(H,17,19)/b8-7+. The molecule has 0 fully saturated rings. The summed E-state index contributed by atoms with van der Waals surface area (Å²) in [7, 11) is 0. The molecule has 21 heavy (non-hydrogen) atoms. The maximum atomic E-state index is 12.0. The van der Waals surface area contributed by atoms with Crippen molar-refractivity contribution >= 4 is 34.2 Å². The Hall–Kier alpha value is -2.47. The van der Waals surface area contributed by atoms with E-state index in [-0.39, 0.29) is 11.7 Å². The summed E-state index contributed by atoms with van der Waals surface area (Å²) in [6.07, 6.45) is 4.80. The first-order valence-electron chi connectivity index (χ1n) is 6.33.